The molecule has 0 spiro atoms. The number of piperidine rings is 1. The van der Waals surface area contributed by atoms with Crippen LogP contribution in [0, 0.1) is 5.92 Å². The highest BCUT2D eigenvalue weighted by atomic mass is 35.5. The molecule has 5 heteroatoms. The van der Waals surface area contributed by atoms with E-state index in [0.29, 0.717) is 27.6 Å². The fraction of sp³-hybridized carbons (Fsp3) is 0.500. The van der Waals surface area contributed by atoms with Crippen LogP contribution in [0.25, 0.3) is 0 Å². The lowest BCUT2D eigenvalue weighted by atomic mass is 9.94. The second-order valence-corrected chi connectivity index (χ2v) is 6.08. The quantitative estimate of drug-likeness (QED) is 0.865. The molecule has 3 rings (SSSR count). The second-order valence-electron chi connectivity index (χ2n) is 5.27. The smallest absolute Gasteiger partial charge is 0.256 e. The van der Waals surface area contributed by atoms with Crippen molar-refractivity contribution in [1.82, 2.24) is 10.2 Å². The number of benzene rings is 1. The van der Waals surface area contributed by atoms with Gasteiger partial charge in [-0.15, -0.1) is 0 Å². The highest BCUT2D eigenvalue weighted by Gasteiger charge is 2.37. The van der Waals surface area contributed by atoms with Crippen LogP contribution in [0.15, 0.2) is 18.2 Å². The molecule has 0 aliphatic carbocycles. The SMILES string of the molecule is O=C(c1c(Cl)cccc1Cl)N1C[C@@H]2CCCN[C@@H]2C1. The molecule has 2 aliphatic rings. The number of nitrogens with zero attached hydrogens (tertiary/aromatic N) is 1. The van der Waals surface area contributed by atoms with E-state index in [1.165, 1.54) is 12.8 Å². The Kier molecular flexibility index (Phi) is 3.70. The van der Waals surface area contributed by atoms with Crippen LogP contribution >= 0.6 is 23.2 Å². The van der Waals surface area contributed by atoms with Gasteiger partial charge in [-0.25, -0.2) is 0 Å². The van der Waals surface area contributed by atoms with Gasteiger partial charge < -0.3 is 10.2 Å². The molecule has 2 atom stereocenters. The Hall–Kier alpha value is -0.770. The van der Waals surface area contributed by atoms with Gasteiger partial charge in [-0.1, -0.05) is 29.3 Å². The van der Waals surface area contributed by atoms with Crippen molar-refractivity contribution < 1.29 is 4.79 Å². The van der Waals surface area contributed by atoms with E-state index in [-0.39, 0.29) is 5.91 Å². The van der Waals surface area contributed by atoms with Gasteiger partial charge in [0.25, 0.3) is 5.91 Å². The zero-order valence-electron chi connectivity index (χ0n) is 10.5. The molecular weight excluding hydrogens is 283 g/mol. The fourth-order valence-electron chi connectivity index (χ4n) is 3.07. The fourth-order valence-corrected chi connectivity index (χ4v) is 3.63. The molecule has 0 aromatic heterocycles. The van der Waals surface area contributed by atoms with Crippen LogP contribution in [-0.4, -0.2) is 36.5 Å². The Bertz CT molecular complexity index is 472. The number of carbonyl (C=O) groups excluding carboxylic acids is 1. The summed E-state index contributed by atoms with van der Waals surface area (Å²) in [5, 5.41) is 4.35. The summed E-state index contributed by atoms with van der Waals surface area (Å²) in [7, 11) is 0. The van der Waals surface area contributed by atoms with Gasteiger partial charge in [0.15, 0.2) is 0 Å². The summed E-state index contributed by atoms with van der Waals surface area (Å²) in [5.41, 5.74) is 0.435. The number of halogens is 2. The first-order valence-electron chi connectivity index (χ1n) is 6.63. The van der Waals surface area contributed by atoms with Gasteiger partial charge in [0.2, 0.25) is 0 Å². The maximum absolute atomic E-state index is 12.6. The van der Waals surface area contributed by atoms with Crippen LogP contribution < -0.4 is 5.32 Å². The molecule has 102 valence electrons. The lowest BCUT2D eigenvalue weighted by Gasteiger charge is -2.24. The molecule has 2 aliphatic heterocycles. The highest BCUT2D eigenvalue weighted by molar-refractivity contribution is 6.39. The van der Waals surface area contributed by atoms with E-state index in [1.54, 1.807) is 18.2 Å². The van der Waals surface area contributed by atoms with Crippen LogP contribution in [0.4, 0.5) is 0 Å². The molecule has 1 amide bonds. The zero-order chi connectivity index (χ0) is 13.4. The van der Waals surface area contributed by atoms with E-state index in [1.807, 2.05) is 4.90 Å². The van der Waals surface area contributed by atoms with Gasteiger partial charge in [0.1, 0.15) is 0 Å². The maximum atomic E-state index is 12.6. The third-order valence-electron chi connectivity index (χ3n) is 4.06. The summed E-state index contributed by atoms with van der Waals surface area (Å²) < 4.78 is 0. The van der Waals surface area contributed by atoms with Crippen molar-refractivity contribution in [2.24, 2.45) is 5.92 Å². The predicted molar refractivity (Wildman–Crippen MR) is 76.9 cm³/mol. The topological polar surface area (TPSA) is 32.3 Å². The molecule has 2 fully saturated rings. The average molecular weight is 299 g/mol. The molecule has 2 saturated heterocycles. The highest BCUT2D eigenvalue weighted by Crippen LogP contribution is 2.30. The van der Waals surface area contributed by atoms with Crippen LogP contribution in [0.3, 0.4) is 0 Å². The molecule has 19 heavy (non-hydrogen) atoms. The van der Waals surface area contributed by atoms with Gasteiger partial charge in [0.05, 0.1) is 15.6 Å². The first-order valence-corrected chi connectivity index (χ1v) is 7.39. The Morgan fingerprint density at radius 3 is 2.68 bits per heavy atom. The van der Waals surface area contributed by atoms with Crippen molar-refractivity contribution in [3.8, 4) is 0 Å². The molecular formula is C14H16Cl2N2O. The number of hydrogen-bond acceptors (Lipinski definition) is 2. The van der Waals surface area contributed by atoms with E-state index < -0.39 is 0 Å². The summed E-state index contributed by atoms with van der Waals surface area (Å²) in [6.07, 6.45) is 2.38. The Labute approximate surface area is 122 Å². The molecule has 2 heterocycles. The number of hydrogen-bond donors (Lipinski definition) is 1. The van der Waals surface area contributed by atoms with E-state index in [2.05, 4.69) is 5.32 Å². The van der Waals surface area contributed by atoms with E-state index in [9.17, 15) is 4.79 Å². The molecule has 1 aromatic carbocycles. The monoisotopic (exact) mass is 298 g/mol. The number of likely N-dealkylation sites (tertiary alicyclic amines) is 1. The molecule has 3 nitrogen and oxygen atoms in total. The summed E-state index contributed by atoms with van der Waals surface area (Å²) in [6, 6.07) is 5.61. The summed E-state index contributed by atoms with van der Waals surface area (Å²) >= 11 is 12.2. The van der Waals surface area contributed by atoms with E-state index >= 15 is 0 Å². The molecule has 1 aromatic rings. The van der Waals surface area contributed by atoms with Crippen LogP contribution in [0.1, 0.15) is 23.2 Å². The summed E-state index contributed by atoms with van der Waals surface area (Å²) in [4.78, 5) is 14.4. The van der Waals surface area contributed by atoms with E-state index in [4.69, 9.17) is 23.2 Å². The lowest BCUT2D eigenvalue weighted by Crippen LogP contribution is -2.41. The Morgan fingerprint density at radius 2 is 2.00 bits per heavy atom. The minimum atomic E-state index is -0.0493. The van der Waals surface area contributed by atoms with Crippen molar-refractivity contribution in [1.29, 1.82) is 0 Å². The van der Waals surface area contributed by atoms with Crippen molar-refractivity contribution in [2.75, 3.05) is 19.6 Å². The third-order valence-corrected chi connectivity index (χ3v) is 4.69. The number of amides is 1. The molecule has 0 saturated carbocycles. The van der Waals surface area contributed by atoms with Gasteiger partial charge >= 0.3 is 0 Å². The normalized spacial score (nSPS) is 26.3. The first kappa shape index (κ1) is 13.2. The van der Waals surface area contributed by atoms with Gasteiger partial charge in [-0.3, -0.25) is 4.79 Å². The van der Waals surface area contributed by atoms with Crippen LogP contribution in [0.5, 0.6) is 0 Å². The van der Waals surface area contributed by atoms with Gasteiger partial charge in [-0.05, 0) is 37.4 Å². The predicted octanol–water partition coefficient (Wildman–Crippen LogP) is 2.82. The second kappa shape index (κ2) is 5.31. The van der Waals surface area contributed by atoms with E-state index in [0.717, 1.165) is 19.6 Å². The summed E-state index contributed by atoms with van der Waals surface area (Å²) in [5.74, 6) is 0.519. The van der Waals surface area contributed by atoms with Crippen molar-refractivity contribution in [3.63, 3.8) is 0 Å². The van der Waals surface area contributed by atoms with Crippen LogP contribution in [-0.2, 0) is 0 Å². The third kappa shape index (κ3) is 2.47. The standard InChI is InChI=1S/C14H16Cl2N2O/c15-10-4-1-5-11(16)13(10)14(19)18-7-9-3-2-6-17-12(9)8-18/h1,4-5,9,12,17H,2-3,6-8H2/t9-,12+/m0/s1. The molecule has 0 radical (unpaired) electrons. The van der Waals surface area contributed by atoms with Gasteiger partial charge in [0, 0.05) is 19.1 Å². The Balaban J connectivity index is 1.81. The number of rotatable bonds is 1. The molecule has 0 unspecified atom stereocenters. The van der Waals surface area contributed by atoms with Gasteiger partial charge in [-0.2, -0.15) is 0 Å². The molecule has 0 bridgehead atoms. The number of carbonyl (C=O) groups is 1. The minimum Gasteiger partial charge on any atom is -0.337 e. The molecule has 1 N–H and O–H groups in total. The summed E-state index contributed by atoms with van der Waals surface area (Å²) in [6.45, 7) is 2.61. The van der Waals surface area contributed by atoms with Crippen molar-refractivity contribution >= 4 is 29.1 Å². The first-order chi connectivity index (χ1) is 9.16. The Morgan fingerprint density at radius 1 is 1.26 bits per heavy atom. The lowest BCUT2D eigenvalue weighted by molar-refractivity contribution is 0.0786. The van der Waals surface area contributed by atoms with Crippen molar-refractivity contribution in [2.45, 2.75) is 18.9 Å². The van der Waals surface area contributed by atoms with Crippen molar-refractivity contribution in [3.05, 3.63) is 33.8 Å². The largest absolute Gasteiger partial charge is 0.337 e. The minimum absolute atomic E-state index is 0.0493. The number of fused-ring (bicyclic) bond motifs is 1. The average Bonchev–Trinajstić information content (AvgIpc) is 2.82. The number of nitrogens with one attached hydrogen (secondary N) is 1. The zero-order valence-corrected chi connectivity index (χ0v) is 12.0. The maximum Gasteiger partial charge on any atom is 0.256 e. The van der Waals surface area contributed by atoms with Crippen LogP contribution in [0.2, 0.25) is 10.0 Å².